The van der Waals surface area contributed by atoms with Crippen LogP contribution in [-0.4, -0.2) is 59.5 Å². The molecule has 0 radical (unpaired) electrons. The molecule has 1 aromatic carbocycles. The van der Waals surface area contributed by atoms with Crippen molar-refractivity contribution in [1.29, 1.82) is 0 Å². The van der Waals surface area contributed by atoms with E-state index in [2.05, 4.69) is 0 Å². The highest BCUT2D eigenvalue weighted by Crippen LogP contribution is 2.39. The van der Waals surface area contributed by atoms with E-state index in [1.165, 1.54) is 0 Å². The van der Waals surface area contributed by atoms with Gasteiger partial charge >= 0.3 is 0 Å². The lowest BCUT2D eigenvalue weighted by Gasteiger charge is -2.47. The molecule has 1 saturated heterocycles. The topological polar surface area (TPSA) is 90.0 Å². The minimum Gasteiger partial charge on any atom is -0.296 e. The fourth-order valence-corrected chi connectivity index (χ4v) is 4.74. The molecule has 7 nitrogen and oxygen atoms in total. The standard InChI is InChI=1S/C15H23NO6S2/c1-15(22-24(4,19)20)11-16(2)13(12-8-6-5-7-9-12)10-14(15)21-23(3,17)18/h5-9,13-14H,10-11H2,1-4H3/t13-,14+,15+/m1/s1. The van der Waals surface area contributed by atoms with Crippen molar-refractivity contribution in [2.75, 3.05) is 26.1 Å². The van der Waals surface area contributed by atoms with E-state index in [9.17, 15) is 16.8 Å². The maximum Gasteiger partial charge on any atom is 0.265 e. The van der Waals surface area contributed by atoms with E-state index in [4.69, 9.17) is 8.37 Å². The predicted octanol–water partition coefficient (Wildman–Crippen LogP) is 1.14. The molecule has 1 fully saturated rings. The Hall–Kier alpha value is -1.00. The quantitative estimate of drug-likeness (QED) is 0.711. The average Bonchev–Trinajstić information content (AvgIpc) is 2.39. The lowest BCUT2D eigenvalue weighted by Crippen LogP contribution is -2.58. The number of nitrogens with zero attached hydrogens (tertiary/aromatic N) is 1. The van der Waals surface area contributed by atoms with E-state index < -0.39 is 31.9 Å². The average molecular weight is 377 g/mol. The van der Waals surface area contributed by atoms with Crippen molar-refractivity contribution in [1.82, 2.24) is 4.90 Å². The maximum atomic E-state index is 11.6. The Kier molecular flexibility index (Phi) is 5.41. The molecule has 0 N–H and O–H groups in total. The zero-order chi connectivity index (χ0) is 18.2. The van der Waals surface area contributed by atoms with Gasteiger partial charge in [-0.15, -0.1) is 0 Å². The summed E-state index contributed by atoms with van der Waals surface area (Å²) < 4.78 is 56.9. The minimum absolute atomic E-state index is 0.103. The molecule has 0 aliphatic carbocycles. The van der Waals surface area contributed by atoms with Crippen LogP contribution in [0.25, 0.3) is 0 Å². The van der Waals surface area contributed by atoms with Crippen LogP contribution in [0.2, 0.25) is 0 Å². The highest BCUT2D eigenvalue weighted by atomic mass is 32.2. The zero-order valence-corrected chi connectivity index (χ0v) is 15.8. The number of hydrogen-bond acceptors (Lipinski definition) is 7. The van der Waals surface area contributed by atoms with E-state index in [0.29, 0.717) is 6.42 Å². The van der Waals surface area contributed by atoms with Gasteiger partial charge in [0.05, 0.1) is 12.5 Å². The third-order valence-corrected chi connectivity index (χ3v) is 5.30. The van der Waals surface area contributed by atoms with Crippen LogP contribution in [0.1, 0.15) is 24.9 Å². The largest absolute Gasteiger partial charge is 0.296 e. The van der Waals surface area contributed by atoms with Crippen molar-refractivity contribution in [3.05, 3.63) is 35.9 Å². The number of rotatable bonds is 5. The number of likely N-dealkylation sites (N-methyl/N-ethyl adjacent to an activating group) is 1. The smallest absolute Gasteiger partial charge is 0.265 e. The molecule has 0 bridgehead atoms. The summed E-state index contributed by atoms with van der Waals surface area (Å²) >= 11 is 0. The Labute approximate surface area is 143 Å². The number of benzene rings is 1. The summed E-state index contributed by atoms with van der Waals surface area (Å²) in [7, 11) is -5.70. The normalized spacial score (nSPS) is 29.5. The van der Waals surface area contributed by atoms with Crippen molar-refractivity contribution in [2.24, 2.45) is 0 Å². The SMILES string of the molecule is CN1C[C@](C)(OS(C)(=O)=O)[C@@H](OS(C)(=O)=O)C[C@@H]1c1ccccc1. The predicted molar refractivity (Wildman–Crippen MR) is 90.5 cm³/mol. The molecule has 9 heteroatoms. The van der Waals surface area contributed by atoms with Crippen molar-refractivity contribution < 1.29 is 25.2 Å². The minimum atomic E-state index is -3.78. The molecule has 24 heavy (non-hydrogen) atoms. The molecule has 1 heterocycles. The summed E-state index contributed by atoms with van der Waals surface area (Å²) in [6, 6.07) is 9.48. The van der Waals surface area contributed by atoms with E-state index in [-0.39, 0.29) is 12.6 Å². The van der Waals surface area contributed by atoms with Gasteiger partial charge in [0.15, 0.2) is 0 Å². The van der Waals surface area contributed by atoms with E-state index in [0.717, 1.165) is 18.1 Å². The number of hydrogen-bond donors (Lipinski definition) is 0. The van der Waals surface area contributed by atoms with Gasteiger partial charge in [0.2, 0.25) is 0 Å². The third kappa shape index (κ3) is 5.00. The molecule has 2 rings (SSSR count). The summed E-state index contributed by atoms with van der Waals surface area (Å²) in [5, 5.41) is 0. The van der Waals surface area contributed by atoms with Gasteiger partial charge in [-0.2, -0.15) is 16.8 Å². The molecule has 0 saturated carbocycles. The molecular formula is C15H23NO6S2. The third-order valence-electron chi connectivity index (χ3n) is 4.03. The number of likely N-dealkylation sites (tertiary alicyclic amines) is 1. The highest BCUT2D eigenvalue weighted by molar-refractivity contribution is 7.86. The van der Waals surface area contributed by atoms with Gasteiger partial charge < -0.3 is 0 Å². The molecule has 0 aromatic heterocycles. The molecular weight excluding hydrogens is 354 g/mol. The van der Waals surface area contributed by atoms with Gasteiger partial charge in [-0.3, -0.25) is 13.3 Å². The fourth-order valence-electron chi connectivity index (χ4n) is 3.18. The Morgan fingerprint density at radius 3 is 2.17 bits per heavy atom. The van der Waals surface area contributed by atoms with Crippen LogP contribution >= 0.6 is 0 Å². The Bertz CT molecular complexity index is 777. The molecule has 1 aliphatic heterocycles. The second-order valence-electron chi connectivity index (χ2n) is 6.47. The summed E-state index contributed by atoms with van der Waals surface area (Å²) in [4.78, 5) is 1.95. The van der Waals surface area contributed by atoms with E-state index >= 15 is 0 Å². The van der Waals surface area contributed by atoms with Crippen molar-refractivity contribution in [3.63, 3.8) is 0 Å². The molecule has 0 unspecified atom stereocenters. The second-order valence-corrected chi connectivity index (χ2v) is 9.64. The van der Waals surface area contributed by atoms with Crippen molar-refractivity contribution >= 4 is 20.2 Å². The fraction of sp³-hybridized carbons (Fsp3) is 0.600. The lowest BCUT2D eigenvalue weighted by molar-refractivity contribution is -0.0879. The first-order chi connectivity index (χ1) is 10.9. The van der Waals surface area contributed by atoms with Gasteiger partial charge in [-0.1, -0.05) is 30.3 Å². The van der Waals surface area contributed by atoms with E-state index in [1.54, 1.807) is 6.92 Å². The van der Waals surface area contributed by atoms with Crippen LogP contribution in [-0.2, 0) is 28.6 Å². The monoisotopic (exact) mass is 377 g/mol. The van der Waals surface area contributed by atoms with Crippen molar-refractivity contribution in [2.45, 2.75) is 31.1 Å². The first-order valence-electron chi connectivity index (χ1n) is 7.44. The molecule has 0 spiro atoms. The summed E-state index contributed by atoms with van der Waals surface area (Å²) in [5.41, 5.74) is -0.292. The van der Waals surface area contributed by atoms with Gasteiger partial charge in [0.1, 0.15) is 11.7 Å². The van der Waals surface area contributed by atoms with Crippen LogP contribution in [0, 0.1) is 0 Å². The van der Waals surface area contributed by atoms with Gasteiger partial charge in [-0.25, -0.2) is 0 Å². The summed E-state index contributed by atoms with van der Waals surface area (Å²) in [5.74, 6) is 0. The molecule has 3 atom stereocenters. The molecule has 136 valence electrons. The first-order valence-corrected chi connectivity index (χ1v) is 11.1. The molecule has 1 aromatic rings. The summed E-state index contributed by atoms with van der Waals surface area (Å²) in [6.07, 6.45) is 1.27. The highest BCUT2D eigenvalue weighted by Gasteiger charge is 2.48. The van der Waals surface area contributed by atoms with Crippen LogP contribution in [0.15, 0.2) is 30.3 Å². The number of piperidine rings is 1. The Morgan fingerprint density at radius 1 is 1.08 bits per heavy atom. The van der Waals surface area contributed by atoms with Crippen LogP contribution in [0.5, 0.6) is 0 Å². The zero-order valence-electron chi connectivity index (χ0n) is 14.2. The van der Waals surface area contributed by atoms with Crippen molar-refractivity contribution in [3.8, 4) is 0 Å². The Balaban J connectivity index is 2.37. The summed E-state index contributed by atoms with van der Waals surface area (Å²) in [6.45, 7) is 1.77. The first kappa shape index (κ1) is 19.3. The lowest BCUT2D eigenvalue weighted by atomic mass is 9.85. The van der Waals surface area contributed by atoms with Gasteiger partial charge in [-0.05, 0) is 26.0 Å². The van der Waals surface area contributed by atoms with Gasteiger partial charge in [0.25, 0.3) is 20.2 Å². The maximum absolute atomic E-state index is 11.6. The molecule has 1 aliphatic rings. The second kappa shape index (κ2) is 6.72. The van der Waals surface area contributed by atoms with Crippen LogP contribution in [0.4, 0.5) is 0 Å². The van der Waals surface area contributed by atoms with Crippen LogP contribution in [0.3, 0.4) is 0 Å². The Morgan fingerprint density at radius 2 is 1.67 bits per heavy atom. The van der Waals surface area contributed by atoms with Crippen LogP contribution < -0.4 is 0 Å². The van der Waals surface area contributed by atoms with E-state index in [1.807, 2.05) is 42.3 Å². The van der Waals surface area contributed by atoms with Gasteiger partial charge in [0, 0.05) is 12.6 Å². The molecule has 0 amide bonds.